The number of halogens is 1. The van der Waals surface area contributed by atoms with E-state index in [1.807, 2.05) is 0 Å². The van der Waals surface area contributed by atoms with Gasteiger partial charge in [-0.15, -0.1) is 0 Å². The summed E-state index contributed by atoms with van der Waals surface area (Å²) in [6.07, 6.45) is 1.35. The molecule has 0 aliphatic carbocycles. The van der Waals surface area contributed by atoms with Gasteiger partial charge in [0.15, 0.2) is 5.58 Å². The smallest absolute Gasteiger partial charge is 0.169 e. The maximum atomic E-state index is 13.3. The van der Waals surface area contributed by atoms with Crippen molar-refractivity contribution in [2.45, 2.75) is 6.54 Å². The molecule has 0 aliphatic heterocycles. The molecule has 2 aromatic rings. The largest absolute Gasteiger partial charge is 0.356 e. The zero-order valence-corrected chi connectivity index (χ0v) is 6.25. The summed E-state index contributed by atoms with van der Waals surface area (Å²) in [5.74, 6) is -0.337. The molecule has 3 nitrogen and oxygen atoms in total. The Morgan fingerprint density at radius 3 is 3.08 bits per heavy atom. The first kappa shape index (κ1) is 7.24. The van der Waals surface area contributed by atoms with Gasteiger partial charge in [-0.05, 0) is 6.07 Å². The molecule has 0 unspecified atom stereocenters. The van der Waals surface area contributed by atoms with Crippen LogP contribution in [0.4, 0.5) is 4.39 Å². The minimum absolute atomic E-state index is 0.187. The van der Waals surface area contributed by atoms with Crippen molar-refractivity contribution >= 4 is 11.0 Å². The predicted molar refractivity (Wildman–Crippen MR) is 41.9 cm³/mol. The summed E-state index contributed by atoms with van der Waals surface area (Å²) in [6, 6.07) is 3.26. The van der Waals surface area contributed by atoms with Crippen molar-refractivity contribution in [1.29, 1.82) is 0 Å². The van der Waals surface area contributed by atoms with Crippen LogP contribution in [0, 0.1) is 5.82 Å². The van der Waals surface area contributed by atoms with Crippen LogP contribution in [0.15, 0.2) is 22.9 Å². The number of hydrogen-bond donors (Lipinski definition) is 1. The topological polar surface area (TPSA) is 52.0 Å². The van der Waals surface area contributed by atoms with Gasteiger partial charge in [0.1, 0.15) is 5.82 Å². The molecule has 1 aromatic heterocycles. The summed E-state index contributed by atoms with van der Waals surface area (Å²) in [5.41, 5.74) is 6.25. The van der Waals surface area contributed by atoms with Crippen molar-refractivity contribution in [2.24, 2.45) is 5.73 Å². The average molecular weight is 166 g/mol. The molecule has 62 valence electrons. The van der Waals surface area contributed by atoms with E-state index in [4.69, 9.17) is 10.3 Å². The molecule has 1 aromatic carbocycles. The van der Waals surface area contributed by atoms with Crippen molar-refractivity contribution in [2.75, 3.05) is 0 Å². The minimum atomic E-state index is -0.337. The van der Waals surface area contributed by atoms with Crippen LogP contribution in [0.25, 0.3) is 11.0 Å². The molecule has 1 heterocycles. The number of hydrogen-bond acceptors (Lipinski definition) is 3. The maximum absolute atomic E-state index is 13.3. The normalized spacial score (nSPS) is 10.8. The second-order valence-electron chi connectivity index (χ2n) is 2.48. The van der Waals surface area contributed by atoms with E-state index in [2.05, 4.69) is 5.16 Å². The molecule has 0 amide bonds. The number of nitrogens with two attached hydrogens (primary N) is 1. The molecule has 0 radical (unpaired) electrons. The summed E-state index contributed by atoms with van der Waals surface area (Å²) >= 11 is 0. The molecule has 0 atom stereocenters. The van der Waals surface area contributed by atoms with Gasteiger partial charge in [-0.3, -0.25) is 0 Å². The Bertz CT molecular complexity index is 410. The monoisotopic (exact) mass is 166 g/mol. The number of rotatable bonds is 1. The summed E-state index contributed by atoms with van der Waals surface area (Å²) in [4.78, 5) is 0. The van der Waals surface area contributed by atoms with Gasteiger partial charge in [0.05, 0.1) is 11.6 Å². The lowest BCUT2D eigenvalue weighted by atomic mass is 10.1. The average Bonchev–Trinajstić information content (AvgIpc) is 2.53. The van der Waals surface area contributed by atoms with E-state index in [-0.39, 0.29) is 12.4 Å². The predicted octanol–water partition coefficient (Wildman–Crippen LogP) is 1.43. The first-order chi connectivity index (χ1) is 5.83. The highest BCUT2D eigenvalue weighted by molar-refractivity contribution is 5.77. The Morgan fingerprint density at radius 2 is 2.33 bits per heavy atom. The third-order valence-electron chi connectivity index (χ3n) is 1.77. The fraction of sp³-hybridized carbons (Fsp3) is 0.125. The van der Waals surface area contributed by atoms with E-state index < -0.39 is 0 Å². The van der Waals surface area contributed by atoms with Crippen LogP contribution < -0.4 is 5.73 Å². The molecular weight excluding hydrogens is 159 g/mol. The molecule has 0 fully saturated rings. The molecule has 0 saturated carbocycles. The van der Waals surface area contributed by atoms with Crippen LogP contribution in [0.2, 0.25) is 0 Å². The van der Waals surface area contributed by atoms with Crippen molar-refractivity contribution in [3.8, 4) is 0 Å². The van der Waals surface area contributed by atoms with E-state index >= 15 is 0 Å². The van der Waals surface area contributed by atoms with E-state index in [9.17, 15) is 4.39 Å². The highest BCUT2D eigenvalue weighted by atomic mass is 19.1. The third-order valence-corrected chi connectivity index (χ3v) is 1.77. The molecule has 4 heteroatoms. The standard InChI is InChI=1S/C8H7FN2O/c9-8-5(3-10)1-2-7-6(8)4-11-12-7/h1-2,4H,3,10H2. The Kier molecular flexibility index (Phi) is 1.55. The minimum Gasteiger partial charge on any atom is -0.356 e. The molecule has 0 spiro atoms. The SMILES string of the molecule is NCc1ccc2oncc2c1F. The Hall–Kier alpha value is -1.42. The van der Waals surface area contributed by atoms with Gasteiger partial charge >= 0.3 is 0 Å². The summed E-state index contributed by atoms with van der Waals surface area (Å²) < 4.78 is 18.1. The second-order valence-corrected chi connectivity index (χ2v) is 2.48. The first-order valence-electron chi connectivity index (χ1n) is 3.55. The Balaban J connectivity index is 2.78. The lowest BCUT2D eigenvalue weighted by Crippen LogP contribution is -1.99. The van der Waals surface area contributed by atoms with Gasteiger partial charge in [0.2, 0.25) is 0 Å². The third kappa shape index (κ3) is 0.887. The van der Waals surface area contributed by atoms with Gasteiger partial charge in [-0.1, -0.05) is 11.2 Å². The quantitative estimate of drug-likeness (QED) is 0.697. The summed E-state index contributed by atoms with van der Waals surface area (Å²) in [5, 5.41) is 3.87. The Morgan fingerprint density at radius 1 is 1.50 bits per heavy atom. The van der Waals surface area contributed by atoms with Crippen LogP contribution in [0.1, 0.15) is 5.56 Å². The number of benzene rings is 1. The van der Waals surface area contributed by atoms with E-state index in [0.717, 1.165) is 0 Å². The lowest BCUT2D eigenvalue weighted by molar-refractivity contribution is 0.456. The van der Waals surface area contributed by atoms with E-state index in [1.54, 1.807) is 12.1 Å². The van der Waals surface area contributed by atoms with Gasteiger partial charge < -0.3 is 10.3 Å². The van der Waals surface area contributed by atoms with Crippen molar-refractivity contribution < 1.29 is 8.91 Å². The van der Waals surface area contributed by atoms with Crippen molar-refractivity contribution in [1.82, 2.24) is 5.16 Å². The fourth-order valence-corrected chi connectivity index (χ4v) is 1.11. The zero-order valence-electron chi connectivity index (χ0n) is 6.25. The highest BCUT2D eigenvalue weighted by Crippen LogP contribution is 2.19. The van der Waals surface area contributed by atoms with E-state index in [0.29, 0.717) is 16.5 Å². The molecule has 0 bridgehead atoms. The van der Waals surface area contributed by atoms with Gasteiger partial charge in [-0.25, -0.2) is 4.39 Å². The van der Waals surface area contributed by atoms with Crippen LogP contribution in [-0.4, -0.2) is 5.16 Å². The van der Waals surface area contributed by atoms with E-state index in [1.165, 1.54) is 6.20 Å². The van der Waals surface area contributed by atoms with Gasteiger partial charge in [0.25, 0.3) is 0 Å². The Labute approximate surface area is 67.9 Å². The molecule has 0 saturated heterocycles. The zero-order chi connectivity index (χ0) is 8.55. The van der Waals surface area contributed by atoms with Crippen molar-refractivity contribution in [3.05, 3.63) is 29.7 Å². The molecule has 2 rings (SSSR count). The second kappa shape index (κ2) is 2.57. The number of nitrogens with zero attached hydrogens (tertiary/aromatic N) is 1. The van der Waals surface area contributed by atoms with Crippen LogP contribution >= 0.6 is 0 Å². The summed E-state index contributed by atoms with van der Waals surface area (Å²) in [6.45, 7) is 0.187. The molecule has 0 aliphatic rings. The van der Waals surface area contributed by atoms with Crippen LogP contribution in [0.3, 0.4) is 0 Å². The van der Waals surface area contributed by atoms with Crippen LogP contribution in [-0.2, 0) is 6.54 Å². The van der Waals surface area contributed by atoms with Crippen molar-refractivity contribution in [3.63, 3.8) is 0 Å². The lowest BCUT2D eigenvalue weighted by Gasteiger charge is -1.97. The first-order valence-corrected chi connectivity index (χ1v) is 3.55. The molecule has 2 N–H and O–H groups in total. The molecule has 12 heavy (non-hydrogen) atoms. The van der Waals surface area contributed by atoms with Crippen LogP contribution in [0.5, 0.6) is 0 Å². The summed E-state index contributed by atoms with van der Waals surface area (Å²) in [7, 11) is 0. The molecular formula is C8H7FN2O. The number of aromatic nitrogens is 1. The number of fused-ring (bicyclic) bond motifs is 1. The fourth-order valence-electron chi connectivity index (χ4n) is 1.11. The maximum Gasteiger partial charge on any atom is 0.169 e. The van der Waals surface area contributed by atoms with Gasteiger partial charge in [0, 0.05) is 12.1 Å². The van der Waals surface area contributed by atoms with Gasteiger partial charge in [-0.2, -0.15) is 0 Å². The highest BCUT2D eigenvalue weighted by Gasteiger charge is 2.08.